The van der Waals surface area contributed by atoms with Crippen LogP contribution in [0.4, 0.5) is 0 Å². The van der Waals surface area contributed by atoms with Gasteiger partial charge in [0.15, 0.2) is 6.29 Å². The second-order valence-corrected chi connectivity index (χ2v) is 15.6. The number of rotatable bonds is 4. The molecule has 3 heterocycles. The lowest BCUT2D eigenvalue weighted by Gasteiger charge is -2.60. The molecule has 3 saturated heterocycles. The zero-order chi connectivity index (χ0) is 31.3. The maximum absolute atomic E-state index is 12.6. The third-order valence-corrected chi connectivity index (χ3v) is 13.7. The molecule has 0 radical (unpaired) electrons. The third-order valence-electron chi connectivity index (χ3n) is 13.7. The van der Waals surface area contributed by atoms with Crippen molar-refractivity contribution in [3.8, 4) is 0 Å². The normalized spacial score (nSPS) is 55.4. The molecular formula is C34H50O10. The Morgan fingerprint density at radius 1 is 1.00 bits per heavy atom. The molecule has 0 spiro atoms. The van der Waals surface area contributed by atoms with Crippen LogP contribution in [0.1, 0.15) is 72.1 Å². The first-order valence-corrected chi connectivity index (χ1v) is 16.7. The topological polar surface area (TPSA) is 155 Å². The molecule has 3 saturated carbocycles. The van der Waals surface area contributed by atoms with E-state index in [1.807, 2.05) is 6.92 Å². The minimum absolute atomic E-state index is 0.111. The Balaban J connectivity index is 1.07. The summed E-state index contributed by atoms with van der Waals surface area (Å²) in [6, 6.07) is 0. The number of aliphatic hydroxyl groups excluding tert-OH is 5. The van der Waals surface area contributed by atoms with E-state index in [0.29, 0.717) is 55.1 Å². The van der Waals surface area contributed by atoms with Crippen molar-refractivity contribution < 1.29 is 49.3 Å². The standard InChI is InChI=1S/C34H50O10/c1-16-30(40)43-24-13-33(16,3)41-15-20(24)22-8-7-21-19-6-5-17-11-18(42-31-29(39)28(38)27(37)25(14-35)44-31)12-26(36)34(17,4)23(19)9-10-32(21,22)2/h5,18-29,31,35-39H,1,6-15H2,2-4H3/t18-,19+,20+,21+,22-,23+,24-,25-,26+,27-,28+,29-,31-,32+,33-,34+/m1/s1. The van der Waals surface area contributed by atoms with Crippen LogP contribution in [-0.4, -0.2) is 99.3 Å². The quantitative estimate of drug-likeness (QED) is 0.180. The van der Waals surface area contributed by atoms with Crippen molar-refractivity contribution in [2.75, 3.05) is 13.2 Å². The fourth-order valence-corrected chi connectivity index (χ4v) is 11.0. The van der Waals surface area contributed by atoms with Crippen LogP contribution in [0.2, 0.25) is 0 Å². The molecule has 6 fully saturated rings. The first-order valence-electron chi connectivity index (χ1n) is 16.7. The van der Waals surface area contributed by atoms with Crippen molar-refractivity contribution in [3.63, 3.8) is 0 Å². The van der Waals surface area contributed by atoms with Gasteiger partial charge in [0, 0.05) is 24.2 Å². The van der Waals surface area contributed by atoms with E-state index in [-0.39, 0.29) is 28.8 Å². The van der Waals surface area contributed by atoms with Crippen molar-refractivity contribution in [1.82, 2.24) is 0 Å². The van der Waals surface area contributed by atoms with E-state index in [1.54, 1.807) is 0 Å². The number of esters is 1. The van der Waals surface area contributed by atoms with Crippen LogP contribution in [0.5, 0.6) is 0 Å². The van der Waals surface area contributed by atoms with Crippen molar-refractivity contribution in [2.45, 2.75) is 127 Å². The molecule has 3 aliphatic heterocycles. The van der Waals surface area contributed by atoms with Crippen LogP contribution in [-0.2, 0) is 23.7 Å². The van der Waals surface area contributed by atoms with Gasteiger partial charge in [-0.2, -0.15) is 0 Å². The van der Waals surface area contributed by atoms with Crippen LogP contribution in [0.3, 0.4) is 0 Å². The Kier molecular flexibility index (Phi) is 7.70. The highest BCUT2D eigenvalue weighted by atomic mass is 16.7. The highest BCUT2D eigenvalue weighted by Gasteiger charge is 2.63. The number of ether oxygens (including phenoxy) is 4. The molecule has 0 aromatic rings. The van der Waals surface area contributed by atoms with E-state index >= 15 is 0 Å². The SMILES string of the molecule is C=C1C(=O)O[C@@H]2C[C@@]1(C)OC[C@H]2[C@H]1CC[C@H]2[C@@H]3CC=C4C[C@@H](O[C@@H]5O[C@H](CO)[C@@H](O)[C@H](O)[C@H]5O)C[C@H](O)[C@]4(C)[C@H]3CC[C@]12C. The summed E-state index contributed by atoms with van der Waals surface area (Å²) >= 11 is 0. The second-order valence-electron chi connectivity index (χ2n) is 15.6. The average molecular weight is 619 g/mol. The Hall–Kier alpha value is -1.37. The Morgan fingerprint density at radius 3 is 2.45 bits per heavy atom. The zero-order valence-electron chi connectivity index (χ0n) is 26.1. The molecule has 10 nitrogen and oxygen atoms in total. The molecule has 5 N–H and O–H groups in total. The summed E-state index contributed by atoms with van der Waals surface area (Å²) < 4.78 is 24.0. The number of hydrogen-bond donors (Lipinski definition) is 5. The highest BCUT2D eigenvalue weighted by Crippen LogP contribution is 2.68. The predicted molar refractivity (Wildman–Crippen MR) is 157 cm³/mol. The number of fused-ring (bicyclic) bond motifs is 7. The van der Waals surface area contributed by atoms with Gasteiger partial charge in [-0.3, -0.25) is 0 Å². The summed E-state index contributed by atoms with van der Waals surface area (Å²) in [5, 5.41) is 52.2. The summed E-state index contributed by atoms with van der Waals surface area (Å²) in [7, 11) is 0. The molecule has 7 rings (SSSR count). The smallest absolute Gasteiger partial charge is 0.336 e. The van der Waals surface area contributed by atoms with Gasteiger partial charge in [0.2, 0.25) is 0 Å². The molecule has 0 amide bonds. The van der Waals surface area contributed by atoms with Gasteiger partial charge in [0.05, 0.1) is 31.0 Å². The summed E-state index contributed by atoms with van der Waals surface area (Å²) in [6.45, 7) is 10.7. The van der Waals surface area contributed by atoms with Gasteiger partial charge in [-0.1, -0.05) is 32.1 Å². The van der Waals surface area contributed by atoms with Gasteiger partial charge < -0.3 is 44.5 Å². The Morgan fingerprint density at radius 2 is 1.73 bits per heavy atom. The van der Waals surface area contributed by atoms with E-state index < -0.39 is 55.1 Å². The van der Waals surface area contributed by atoms with Gasteiger partial charge in [0.1, 0.15) is 36.1 Å². The molecule has 0 unspecified atom stereocenters. The van der Waals surface area contributed by atoms with Gasteiger partial charge in [-0.15, -0.1) is 0 Å². The first kappa shape index (κ1) is 31.2. The van der Waals surface area contributed by atoms with E-state index in [2.05, 4.69) is 26.5 Å². The highest BCUT2D eigenvalue weighted by molar-refractivity contribution is 5.91. The molecule has 246 valence electrons. The Bertz CT molecular complexity index is 1200. The minimum Gasteiger partial charge on any atom is -0.458 e. The number of allylic oxidation sites excluding steroid dienone is 1. The summed E-state index contributed by atoms with van der Waals surface area (Å²) in [5.74, 6) is 1.57. The summed E-state index contributed by atoms with van der Waals surface area (Å²) in [6.07, 6.45) is 1.32. The lowest BCUT2D eigenvalue weighted by atomic mass is 9.46. The zero-order valence-corrected chi connectivity index (χ0v) is 26.1. The van der Waals surface area contributed by atoms with Gasteiger partial charge in [0.25, 0.3) is 0 Å². The van der Waals surface area contributed by atoms with Crippen molar-refractivity contribution in [1.29, 1.82) is 0 Å². The maximum atomic E-state index is 12.6. The molecule has 16 atom stereocenters. The molecule has 2 bridgehead atoms. The fourth-order valence-electron chi connectivity index (χ4n) is 11.0. The second kappa shape index (κ2) is 10.8. The number of carbonyl (C=O) groups excluding carboxylic acids is 1. The number of aliphatic hydroxyl groups is 5. The summed E-state index contributed by atoms with van der Waals surface area (Å²) in [5.41, 5.74) is 0.702. The molecule has 0 aromatic heterocycles. The van der Waals surface area contributed by atoms with Crippen LogP contribution in [0.15, 0.2) is 23.8 Å². The van der Waals surface area contributed by atoms with Crippen LogP contribution >= 0.6 is 0 Å². The number of hydrogen-bond acceptors (Lipinski definition) is 10. The van der Waals surface area contributed by atoms with E-state index in [9.17, 15) is 30.3 Å². The first-order chi connectivity index (χ1) is 20.8. The van der Waals surface area contributed by atoms with Crippen molar-refractivity contribution >= 4 is 5.97 Å². The third kappa shape index (κ3) is 4.46. The molecule has 7 aliphatic rings. The fraction of sp³-hybridized carbons (Fsp3) is 0.853. The van der Waals surface area contributed by atoms with Crippen LogP contribution in [0.25, 0.3) is 0 Å². The van der Waals surface area contributed by atoms with Gasteiger partial charge >= 0.3 is 5.97 Å². The van der Waals surface area contributed by atoms with Crippen LogP contribution in [0, 0.1) is 40.4 Å². The average Bonchev–Trinajstić information content (AvgIpc) is 3.34. The Labute approximate surface area is 259 Å². The lowest BCUT2D eigenvalue weighted by molar-refractivity contribution is -0.315. The minimum atomic E-state index is -1.50. The molecule has 4 aliphatic carbocycles. The van der Waals surface area contributed by atoms with E-state index in [0.717, 1.165) is 32.1 Å². The molecule has 10 heteroatoms. The van der Waals surface area contributed by atoms with E-state index in [4.69, 9.17) is 18.9 Å². The largest absolute Gasteiger partial charge is 0.458 e. The molecule has 0 aromatic carbocycles. The van der Waals surface area contributed by atoms with Crippen molar-refractivity contribution in [3.05, 3.63) is 23.8 Å². The lowest BCUT2D eigenvalue weighted by Crippen LogP contribution is -2.61. The van der Waals surface area contributed by atoms with Crippen molar-refractivity contribution in [2.24, 2.45) is 40.4 Å². The molecular weight excluding hydrogens is 568 g/mol. The predicted octanol–water partition coefficient (Wildman–Crippen LogP) is 2.00. The number of carbonyl (C=O) groups is 1. The summed E-state index contributed by atoms with van der Waals surface area (Å²) in [4.78, 5) is 12.6. The van der Waals surface area contributed by atoms with Crippen LogP contribution < -0.4 is 0 Å². The monoisotopic (exact) mass is 618 g/mol. The molecule has 44 heavy (non-hydrogen) atoms. The van der Waals surface area contributed by atoms with E-state index in [1.165, 1.54) is 5.57 Å². The van der Waals surface area contributed by atoms with Gasteiger partial charge in [-0.05, 0) is 74.5 Å². The van der Waals surface area contributed by atoms with Gasteiger partial charge in [-0.25, -0.2) is 4.79 Å². The maximum Gasteiger partial charge on any atom is 0.336 e.